The van der Waals surface area contributed by atoms with Crippen LogP contribution in [0.15, 0.2) is 36.4 Å². The minimum Gasteiger partial charge on any atom is -0.493 e. The number of rotatable bonds is 7. The van der Waals surface area contributed by atoms with Crippen LogP contribution in [0.25, 0.3) is 0 Å². The number of nitrogens with zero attached hydrogens (tertiary/aromatic N) is 1. The van der Waals surface area contributed by atoms with E-state index in [-0.39, 0.29) is 31.1 Å². The van der Waals surface area contributed by atoms with E-state index in [1.165, 1.54) is 25.2 Å². The summed E-state index contributed by atoms with van der Waals surface area (Å²) in [5.74, 6) is -3.11. The molecule has 3 amide bonds. The van der Waals surface area contributed by atoms with Crippen molar-refractivity contribution in [3.8, 4) is 11.5 Å². The van der Waals surface area contributed by atoms with Crippen molar-refractivity contribution < 1.29 is 32.6 Å². The molecule has 1 atom stereocenters. The molecule has 3 rings (SSSR count). The van der Waals surface area contributed by atoms with Crippen molar-refractivity contribution in [2.75, 3.05) is 37.5 Å². The van der Waals surface area contributed by atoms with Gasteiger partial charge in [0.05, 0.1) is 26.7 Å². The Morgan fingerprint density at radius 3 is 2.48 bits per heavy atom. The second-order valence-corrected chi connectivity index (χ2v) is 6.84. The third-order valence-corrected chi connectivity index (χ3v) is 4.80. The zero-order valence-electron chi connectivity index (χ0n) is 16.9. The lowest BCUT2D eigenvalue weighted by Crippen LogP contribution is -2.37. The highest BCUT2D eigenvalue weighted by atomic mass is 19.2. The molecule has 0 aliphatic carbocycles. The van der Waals surface area contributed by atoms with Gasteiger partial charge in [-0.1, -0.05) is 0 Å². The van der Waals surface area contributed by atoms with Crippen molar-refractivity contribution in [2.24, 2.45) is 5.92 Å². The van der Waals surface area contributed by atoms with Crippen molar-refractivity contribution in [2.45, 2.75) is 6.42 Å². The van der Waals surface area contributed by atoms with Gasteiger partial charge in [0.1, 0.15) is 0 Å². The average Bonchev–Trinajstić information content (AvgIpc) is 3.15. The number of halogens is 2. The van der Waals surface area contributed by atoms with E-state index in [0.29, 0.717) is 17.2 Å². The summed E-state index contributed by atoms with van der Waals surface area (Å²) in [6.45, 7) is -0.232. The van der Waals surface area contributed by atoms with Gasteiger partial charge in [0, 0.05) is 36.5 Å². The fraction of sp³-hybridized carbons (Fsp3) is 0.286. The van der Waals surface area contributed by atoms with Gasteiger partial charge in [-0.2, -0.15) is 0 Å². The number of carbonyl (C=O) groups is 3. The third-order valence-electron chi connectivity index (χ3n) is 4.80. The molecule has 2 aromatic carbocycles. The van der Waals surface area contributed by atoms with Crippen LogP contribution in [0, 0.1) is 17.6 Å². The van der Waals surface area contributed by atoms with Crippen LogP contribution in [0.3, 0.4) is 0 Å². The Kier molecular flexibility index (Phi) is 6.68. The number of anilines is 2. The predicted molar refractivity (Wildman–Crippen MR) is 108 cm³/mol. The molecule has 2 aromatic rings. The molecule has 0 aromatic heterocycles. The van der Waals surface area contributed by atoms with Crippen LogP contribution in [0.4, 0.5) is 20.2 Å². The lowest BCUT2D eigenvalue weighted by Gasteiger charge is -2.18. The minimum absolute atomic E-state index is 0.00896. The number of carbonyl (C=O) groups excluding carboxylic acids is 3. The molecule has 0 spiro atoms. The highest BCUT2D eigenvalue weighted by Crippen LogP contribution is 2.34. The summed E-state index contributed by atoms with van der Waals surface area (Å²) in [5.41, 5.74) is 0.628. The van der Waals surface area contributed by atoms with Crippen molar-refractivity contribution >= 4 is 29.1 Å². The summed E-state index contributed by atoms with van der Waals surface area (Å²) < 4.78 is 36.6. The summed E-state index contributed by atoms with van der Waals surface area (Å²) in [7, 11) is 2.98. The first kappa shape index (κ1) is 22.0. The lowest BCUT2D eigenvalue weighted by atomic mass is 10.1. The van der Waals surface area contributed by atoms with Crippen LogP contribution in [0.5, 0.6) is 11.5 Å². The second-order valence-electron chi connectivity index (χ2n) is 6.84. The quantitative estimate of drug-likeness (QED) is 0.697. The molecule has 10 heteroatoms. The monoisotopic (exact) mass is 433 g/mol. The fourth-order valence-electron chi connectivity index (χ4n) is 3.22. The maximum atomic E-state index is 13.2. The molecule has 0 radical (unpaired) electrons. The van der Waals surface area contributed by atoms with Gasteiger partial charge in [-0.3, -0.25) is 14.4 Å². The van der Waals surface area contributed by atoms with Crippen LogP contribution in [-0.2, 0) is 14.4 Å². The number of nitrogens with one attached hydrogen (secondary N) is 2. The van der Waals surface area contributed by atoms with Crippen molar-refractivity contribution in [1.29, 1.82) is 0 Å². The first-order chi connectivity index (χ1) is 14.8. The van der Waals surface area contributed by atoms with E-state index >= 15 is 0 Å². The van der Waals surface area contributed by atoms with E-state index in [1.54, 1.807) is 18.2 Å². The SMILES string of the molecule is COc1ccc(N2CC(C(=O)NCC(=O)Nc3ccc(F)c(F)c3)CC2=O)cc1OC. The second kappa shape index (κ2) is 9.41. The molecule has 1 aliphatic rings. The number of hydrogen-bond acceptors (Lipinski definition) is 5. The molecule has 2 N–H and O–H groups in total. The van der Waals surface area contributed by atoms with Crippen LogP contribution in [-0.4, -0.2) is 45.0 Å². The van der Waals surface area contributed by atoms with Crippen LogP contribution in [0.2, 0.25) is 0 Å². The van der Waals surface area contributed by atoms with Crippen LogP contribution in [0.1, 0.15) is 6.42 Å². The van der Waals surface area contributed by atoms with E-state index in [0.717, 1.165) is 12.1 Å². The molecule has 1 fully saturated rings. The third kappa shape index (κ3) is 5.08. The largest absolute Gasteiger partial charge is 0.493 e. The van der Waals surface area contributed by atoms with E-state index < -0.39 is 29.4 Å². The molecule has 1 aliphatic heterocycles. The summed E-state index contributed by atoms with van der Waals surface area (Å²) in [4.78, 5) is 38.3. The van der Waals surface area contributed by atoms with Gasteiger partial charge in [-0.15, -0.1) is 0 Å². The first-order valence-electron chi connectivity index (χ1n) is 9.37. The minimum atomic E-state index is -1.10. The van der Waals surface area contributed by atoms with Gasteiger partial charge >= 0.3 is 0 Å². The molecule has 1 saturated heterocycles. The Hall–Kier alpha value is -3.69. The van der Waals surface area contributed by atoms with E-state index in [2.05, 4.69) is 10.6 Å². The molecular weight excluding hydrogens is 412 g/mol. The van der Waals surface area contributed by atoms with E-state index in [9.17, 15) is 23.2 Å². The molecule has 164 valence electrons. The van der Waals surface area contributed by atoms with Crippen molar-refractivity contribution in [1.82, 2.24) is 5.32 Å². The summed E-state index contributed by atoms with van der Waals surface area (Å²) in [5, 5.41) is 4.82. The maximum Gasteiger partial charge on any atom is 0.243 e. The zero-order chi connectivity index (χ0) is 22.5. The summed E-state index contributed by atoms with van der Waals surface area (Å²) in [6.07, 6.45) is -0.00896. The Labute approximate surface area is 177 Å². The molecule has 1 heterocycles. The maximum absolute atomic E-state index is 13.2. The standard InChI is InChI=1S/C21H21F2N3O5/c1-30-17-6-4-14(9-18(17)31-2)26-11-12(7-20(26)28)21(29)24-10-19(27)25-13-3-5-15(22)16(23)8-13/h3-6,8-9,12H,7,10-11H2,1-2H3,(H,24,29)(H,25,27). The molecule has 1 unspecified atom stereocenters. The van der Waals surface area contributed by atoms with E-state index in [4.69, 9.17) is 9.47 Å². The average molecular weight is 433 g/mol. The number of benzene rings is 2. The highest BCUT2D eigenvalue weighted by Gasteiger charge is 2.35. The highest BCUT2D eigenvalue weighted by molar-refractivity contribution is 6.01. The van der Waals surface area contributed by atoms with Crippen LogP contribution < -0.4 is 25.0 Å². The molecule has 31 heavy (non-hydrogen) atoms. The first-order valence-corrected chi connectivity index (χ1v) is 9.37. The predicted octanol–water partition coefficient (Wildman–Crippen LogP) is 2.09. The Morgan fingerprint density at radius 2 is 1.81 bits per heavy atom. The zero-order valence-corrected chi connectivity index (χ0v) is 16.9. The van der Waals surface area contributed by atoms with Gasteiger partial charge in [0.25, 0.3) is 0 Å². The Morgan fingerprint density at radius 1 is 1.06 bits per heavy atom. The van der Waals surface area contributed by atoms with Gasteiger partial charge in [0.15, 0.2) is 23.1 Å². The topological polar surface area (TPSA) is 97.0 Å². The van der Waals surface area contributed by atoms with Crippen molar-refractivity contribution in [3.63, 3.8) is 0 Å². The van der Waals surface area contributed by atoms with Gasteiger partial charge in [-0.05, 0) is 24.3 Å². The fourth-order valence-corrected chi connectivity index (χ4v) is 3.22. The molecule has 0 saturated carbocycles. The van der Waals surface area contributed by atoms with Crippen LogP contribution >= 0.6 is 0 Å². The molecule has 0 bridgehead atoms. The van der Waals surface area contributed by atoms with E-state index in [1.807, 2.05) is 0 Å². The van der Waals surface area contributed by atoms with Crippen molar-refractivity contribution in [3.05, 3.63) is 48.0 Å². The summed E-state index contributed by atoms with van der Waals surface area (Å²) >= 11 is 0. The Balaban J connectivity index is 1.56. The molecule has 8 nitrogen and oxygen atoms in total. The Bertz CT molecular complexity index is 1010. The van der Waals surface area contributed by atoms with Gasteiger partial charge in [0.2, 0.25) is 17.7 Å². The molecular formula is C21H21F2N3O5. The van der Waals surface area contributed by atoms with Gasteiger partial charge in [-0.25, -0.2) is 8.78 Å². The summed E-state index contributed by atoms with van der Waals surface area (Å²) in [6, 6.07) is 7.93. The number of methoxy groups -OCH3 is 2. The lowest BCUT2D eigenvalue weighted by molar-refractivity contribution is -0.127. The smallest absolute Gasteiger partial charge is 0.243 e. The normalized spacial score (nSPS) is 15.5. The number of hydrogen-bond donors (Lipinski definition) is 2. The van der Waals surface area contributed by atoms with Gasteiger partial charge < -0.3 is 25.0 Å². The number of ether oxygens (including phenoxy) is 2. The number of amides is 3.